The molecule has 2 nitrogen and oxygen atoms in total. The van der Waals surface area contributed by atoms with E-state index in [9.17, 15) is 17.4 Å². The molecule has 1 unspecified atom stereocenters. The summed E-state index contributed by atoms with van der Waals surface area (Å²) in [5, 5.41) is 0.807. The zero-order valence-electron chi connectivity index (χ0n) is 8.08. The first-order chi connectivity index (χ1) is 7.09. The maximum atomic E-state index is 12.3. The van der Waals surface area contributed by atoms with Crippen molar-refractivity contribution in [2.45, 2.75) is 6.18 Å². The first-order valence-corrected chi connectivity index (χ1v) is 6.39. The highest BCUT2D eigenvalue weighted by atomic mass is 35.5. The van der Waals surface area contributed by atoms with Crippen LogP contribution in [-0.4, -0.2) is 20.4 Å². The van der Waals surface area contributed by atoms with Crippen molar-refractivity contribution in [1.82, 2.24) is 0 Å². The van der Waals surface area contributed by atoms with Gasteiger partial charge >= 0.3 is 6.18 Å². The molecule has 1 aromatic rings. The molecule has 0 saturated carbocycles. The van der Waals surface area contributed by atoms with Crippen LogP contribution < -0.4 is 0 Å². The smallest absolute Gasteiger partial charge is 0.314 e. The van der Waals surface area contributed by atoms with E-state index in [2.05, 4.69) is 0 Å². The predicted octanol–water partition coefficient (Wildman–Crippen LogP) is 2.90. The second kappa shape index (κ2) is 4.27. The Labute approximate surface area is 95.9 Å². The molecular weight excluding hydrogens is 265 g/mol. The van der Waals surface area contributed by atoms with Crippen LogP contribution in [-0.2, 0) is 16.0 Å². The normalized spacial score (nSPS) is 15.6. The minimum atomic E-state index is -4.50. The summed E-state index contributed by atoms with van der Waals surface area (Å²) in [6, 6.07) is 2.59. The van der Waals surface area contributed by atoms with Crippen molar-refractivity contribution in [1.29, 1.82) is 0 Å². The summed E-state index contributed by atoms with van der Waals surface area (Å²) in [5.74, 6) is 0. The quantitative estimate of drug-likeness (QED) is 0.798. The van der Waals surface area contributed by atoms with Crippen LogP contribution in [0.2, 0.25) is 5.02 Å². The highest BCUT2D eigenvalue weighted by Gasteiger charge is 2.30. The number of halogens is 4. The van der Waals surface area contributed by atoms with Crippen LogP contribution in [0.5, 0.6) is 0 Å². The zero-order valence-corrected chi connectivity index (χ0v) is 9.66. The molecule has 0 radical (unpaired) electrons. The van der Waals surface area contributed by atoms with Gasteiger partial charge in [0.2, 0.25) is 0 Å². The van der Waals surface area contributed by atoms with Crippen LogP contribution >= 0.6 is 11.6 Å². The Morgan fingerprint density at radius 2 is 2.00 bits per heavy atom. The molecule has 0 amide bonds. The van der Waals surface area contributed by atoms with E-state index in [1.165, 1.54) is 0 Å². The summed E-state index contributed by atoms with van der Waals surface area (Å²) in [7, 11) is -3.29. The maximum absolute atomic E-state index is 12.3. The van der Waals surface area contributed by atoms with E-state index >= 15 is 0 Å². The summed E-state index contributed by atoms with van der Waals surface area (Å²) in [5.41, 5.74) is -1.02. The van der Waals surface area contributed by atoms with E-state index < -0.39 is 21.5 Å². The summed E-state index contributed by atoms with van der Waals surface area (Å²) in [6.45, 7) is 0. The fourth-order valence-electron chi connectivity index (χ4n) is 1.05. The van der Waals surface area contributed by atoms with Crippen molar-refractivity contribution >= 4 is 26.8 Å². The van der Waals surface area contributed by atoms with Gasteiger partial charge in [-0.15, -0.1) is 0 Å². The topological polar surface area (TPSA) is 37.3 Å². The van der Waals surface area contributed by atoms with Crippen LogP contribution in [0.25, 0.3) is 0 Å². The Balaban J connectivity index is 3.37. The lowest BCUT2D eigenvalue weighted by Gasteiger charge is -2.08. The third kappa shape index (κ3) is 3.70. The van der Waals surface area contributed by atoms with Gasteiger partial charge in [-0.25, -0.2) is 4.21 Å². The van der Waals surface area contributed by atoms with E-state index in [4.69, 9.17) is 16.2 Å². The fraction of sp³-hybridized carbons (Fsp3) is 0.222. The van der Waals surface area contributed by atoms with Crippen molar-refractivity contribution in [3.8, 4) is 0 Å². The zero-order chi connectivity index (χ0) is 12.6. The Morgan fingerprint density at radius 3 is 2.44 bits per heavy atom. The van der Waals surface area contributed by atoms with E-state index in [1.807, 2.05) is 0 Å². The van der Waals surface area contributed by atoms with Crippen molar-refractivity contribution < 1.29 is 21.9 Å². The third-order valence-electron chi connectivity index (χ3n) is 1.67. The Hall–Kier alpha value is -0.720. The highest BCUT2D eigenvalue weighted by molar-refractivity contribution is 7.95. The van der Waals surface area contributed by atoms with Crippen molar-refractivity contribution in [2.24, 2.45) is 0 Å². The van der Waals surface area contributed by atoms with Gasteiger partial charge in [0, 0.05) is 22.2 Å². The van der Waals surface area contributed by atoms with E-state index in [-0.39, 0.29) is 10.6 Å². The molecule has 1 atom stereocenters. The molecule has 0 saturated heterocycles. The molecule has 0 heterocycles. The molecule has 1 N–H and O–H groups in total. The number of benzene rings is 1. The standard InChI is InChI=1S/C9H8ClF3O2S/c1-16(14,15)5-6-4-7(9(11,12)13)2-3-8(6)10/h2-5H,1H3,(H,14,15). The van der Waals surface area contributed by atoms with Gasteiger partial charge in [-0.1, -0.05) is 11.6 Å². The molecule has 1 rings (SSSR count). The van der Waals surface area contributed by atoms with Gasteiger partial charge in [0.15, 0.2) is 0 Å². The third-order valence-corrected chi connectivity index (χ3v) is 2.70. The Morgan fingerprint density at radius 1 is 1.44 bits per heavy atom. The van der Waals surface area contributed by atoms with Gasteiger partial charge in [-0.3, -0.25) is 0 Å². The molecule has 0 aliphatic rings. The predicted molar refractivity (Wildman–Crippen MR) is 58.3 cm³/mol. The van der Waals surface area contributed by atoms with Crippen LogP contribution in [0.1, 0.15) is 11.1 Å². The lowest BCUT2D eigenvalue weighted by Crippen LogP contribution is -2.07. The van der Waals surface area contributed by atoms with Crippen LogP contribution in [0.15, 0.2) is 18.2 Å². The van der Waals surface area contributed by atoms with Crippen molar-refractivity contribution in [3.63, 3.8) is 0 Å². The van der Waals surface area contributed by atoms with Crippen LogP contribution in [0.3, 0.4) is 0 Å². The second-order valence-corrected chi connectivity index (χ2v) is 5.58. The summed E-state index contributed by atoms with van der Waals surface area (Å²) < 4.78 is 57.1. The maximum Gasteiger partial charge on any atom is 0.416 e. The molecule has 0 bridgehead atoms. The Kier molecular flexibility index (Phi) is 3.56. The summed E-state index contributed by atoms with van der Waals surface area (Å²) >= 11 is 5.62. The van der Waals surface area contributed by atoms with Gasteiger partial charge in [0.1, 0.15) is 0 Å². The Bertz CT molecular complexity index is 508. The molecule has 90 valence electrons. The molecule has 1 aromatic carbocycles. The molecule has 0 spiro atoms. The lowest BCUT2D eigenvalue weighted by molar-refractivity contribution is -0.137. The lowest BCUT2D eigenvalue weighted by atomic mass is 10.1. The monoisotopic (exact) mass is 272 g/mol. The summed E-state index contributed by atoms with van der Waals surface area (Å²) in [6.07, 6.45) is -3.51. The first kappa shape index (κ1) is 13.3. The number of rotatable bonds is 1. The molecule has 16 heavy (non-hydrogen) atoms. The van der Waals surface area contributed by atoms with Gasteiger partial charge in [0.25, 0.3) is 0 Å². The van der Waals surface area contributed by atoms with Gasteiger partial charge in [-0.2, -0.15) is 13.2 Å². The van der Waals surface area contributed by atoms with Gasteiger partial charge < -0.3 is 4.55 Å². The van der Waals surface area contributed by atoms with Crippen molar-refractivity contribution in [3.05, 3.63) is 34.3 Å². The average molecular weight is 273 g/mol. The molecule has 0 aliphatic carbocycles. The van der Waals surface area contributed by atoms with Crippen molar-refractivity contribution in [2.75, 3.05) is 6.26 Å². The average Bonchev–Trinajstić information content (AvgIpc) is 2.04. The van der Waals surface area contributed by atoms with Gasteiger partial charge in [-0.05, 0) is 18.2 Å². The molecule has 0 aliphatic heterocycles. The molecule has 0 aromatic heterocycles. The number of hydrogen-bond donors (Lipinski definition) is 1. The SMILES string of the molecule is CS(=O)(O)=Cc1cc(C(F)(F)F)ccc1Cl. The number of alkyl halides is 3. The van der Waals surface area contributed by atoms with Crippen LogP contribution in [0, 0.1) is 0 Å². The first-order valence-electron chi connectivity index (χ1n) is 4.03. The van der Waals surface area contributed by atoms with Gasteiger partial charge in [0.05, 0.1) is 15.4 Å². The van der Waals surface area contributed by atoms with Crippen LogP contribution in [0.4, 0.5) is 13.2 Å². The second-order valence-electron chi connectivity index (χ2n) is 3.21. The molecular formula is C9H8ClF3O2S. The number of hydrogen-bond acceptors (Lipinski definition) is 1. The molecule has 0 fully saturated rings. The van der Waals surface area contributed by atoms with E-state index in [1.54, 1.807) is 0 Å². The molecule has 7 heteroatoms. The fourth-order valence-corrected chi connectivity index (χ4v) is 1.95. The minimum Gasteiger partial charge on any atom is -0.314 e. The largest absolute Gasteiger partial charge is 0.416 e. The summed E-state index contributed by atoms with van der Waals surface area (Å²) in [4.78, 5) is 0. The minimum absolute atomic E-state index is 0.00312. The van der Waals surface area contributed by atoms with E-state index in [0.717, 1.165) is 29.8 Å². The highest BCUT2D eigenvalue weighted by Crippen LogP contribution is 2.31. The van der Waals surface area contributed by atoms with E-state index in [0.29, 0.717) is 0 Å².